The molecular formula is C13H16B7ClN4O3S. The Bertz CT molecular complexity index is 1210. The number of hydrogen-bond acceptors (Lipinski definition) is 4. The van der Waals surface area contributed by atoms with Crippen molar-refractivity contribution in [3.05, 3.63) is 38.8 Å². The van der Waals surface area contributed by atoms with E-state index in [9.17, 15) is 9.59 Å². The SMILES string of the molecule is [B]B=BB=BB=S(#B)OCCCn1c(=O)c2c(nc(Cl)n2CC=C)n(CC)c1=O. The van der Waals surface area contributed by atoms with Gasteiger partial charge in [0.1, 0.15) is 0 Å². The molecule has 0 unspecified atom stereocenters. The monoisotopic (exact) mass is 420 g/mol. The Balaban J connectivity index is 2.26. The standard InChI is InChI=1S/C13H16B7ClN4O3S/c1-3-6-24-9-10(22-12(24)21)23(4-2)13(27)25(11(9)26)7-5-8-28-29(15)20-19-18-17-16-14/h3H,1,4-8H2,2H3. The third-order valence-corrected chi connectivity index (χ3v) is 5.14. The predicted molar refractivity (Wildman–Crippen MR) is 128 cm³/mol. The van der Waals surface area contributed by atoms with Crippen molar-refractivity contribution in [2.75, 3.05) is 6.61 Å². The van der Waals surface area contributed by atoms with Gasteiger partial charge < -0.3 is 0 Å². The second kappa shape index (κ2) is 11.9. The summed E-state index contributed by atoms with van der Waals surface area (Å²) in [4.78, 5) is 29.9. The average Bonchev–Trinajstić information content (AvgIpc) is 3.01. The fourth-order valence-corrected chi connectivity index (χ4v) is 3.58. The van der Waals surface area contributed by atoms with Gasteiger partial charge in [-0.1, -0.05) is 0 Å². The average molecular weight is 420 g/mol. The molecule has 0 aliphatic rings. The van der Waals surface area contributed by atoms with E-state index in [0.717, 1.165) is 0 Å². The maximum atomic E-state index is 13.0. The van der Waals surface area contributed by atoms with Crippen LogP contribution in [0.2, 0.25) is 5.28 Å². The number of aromatic nitrogens is 4. The van der Waals surface area contributed by atoms with Crippen molar-refractivity contribution in [1.29, 1.82) is 0 Å². The Morgan fingerprint density at radius 3 is 2.69 bits per heavy atom. The minimum atomic E-state index is -0.873. The molecule has 0 atom stereocenters. The molecule has 2 aromatic rings. The summed E-state index contributed by atoms with van der Waals surface area (Å²) in [5.74, 6) is 0. The molecule has 0 amide bonds. The number of allylic oxidation sites excluding steroid dienone is 1. The van der Waals surface area contributed by atoms with Crippen molar-refractivity contribution in [3.8, 4) is 0 Å². The van der Waals surface area contributed by atoms with Gasteiger partial charge in [-0.05, 0) is 0 Å². The van der Waals surface area contributed by atoms with Crippen LogP contribution in [0.4, 0.5) is 0 Å². The molecule has 29 heavy (non-hydrogen) atoms. The van der Waals surface area contributed by atoms with Crippen LogP contribution in [0.25, 0.3) is 11.2 Å². The molecule has 2 rings (SSSR count). The van der Waals surface area contributed by atoms with E-state index >= 15 is 0 Å². The molecule has 0 fully saturated rings. The molecule has 16 heteroatoms. The minimum absolute atomic E-state index is 0.139. The van der Waals surface area contributed by atoms with E-state index in [4.69, 9.17) is 30.1 Å². The topological polar surface area (TPSA) is 71.1 Å². The molecule has 0 saturated carbocycles. The second-order valence-electron chi connectivity index (χ2n) is 5.85. The van der Waals surface area contributed by atoms with Crippen LogP contribution >= 0.6 is 21.4 Å². The zero-order chi connectivity index (χ0) is 21.4. The summed E-state index contributed by atoms with van der Waals surface area (Å²) in [5.41, 5.74) is -0.314. The normalized spacial score (nSPS) is 11.2. The molecule has 0 N–H and O–H groups in total. The molecule has 0 aliphatic carbocycles. The second-order valence-corrected chi connectivity index (χ2v) is 7.35. The van der Waals surface area contributed by atoms with Gasteiger partial charge in [0.2, 0.25) is 0 Å². The van der Waals surface area contributed by atoms with Crippen LogP contribution in [0.15, 0.2) is 22.2 Å². The van der Waals surface area contributed by atoms with E-state index in [1.165, 1.54) is 15.8 Å². The Kier molecular flexibility index (Phi) is 9.85. The zero-order valence-corrected chi connectivity index (χ0v) is 17.7. The van der Waals surface area contributed by atoms with E-state index in [1.807, 2.05) is 6.92 Å². The molecule has 2 heterocycles. The molecular weight excluding hydrogens is 403 g/mol. The van der Waals surface area contributed by atoms with Crippen LogP contribution in [0.5, 0.6) is 0 Å². The number of aryl methyl sites for hydroxylation is 1. The van der Waals surface area contributed by atoms with Crippen LogP contribution in [-0.4, -0.2) is 72.4 Å². The summed E-state index contributed by atoms with van der Waals surface area (Å²) in [6.07, 6.45) is 2.05. The van der Waals surface area contributed by atoms with E-state index in [-0.39, 0.29) is 23.0 Å². The van der Waals surface area contributed by atoms with Gasteiger partial charge in [0.15, 0.2) is 0 Å². The van der Waals surface area contributed by atoms with Crippen molar-refractivity contribution in [2.45, 2.75) is 33.0 Å². The molecule has 7 nitrogen and oxygen atoms in total. The van der Waals surface area contributed by atoms with Gasteiger partial charge >= 0.3 is 181 Å². The molecule has 140 valence electrons. The van der Waals surface area contributed by atoms with Gasteiger partial charge in [0.25, 0.3) is 0 Å². The van der Waals surface area contributed by atoms with Crippen LogP contribution < -0.4 is 11.2 Å². The van der Waals surface area contributed by atoms with Gasteiger partial charge in [-0.2, -0.15) is 0 Å². The van der Waals surface area contributed by atoms with E-state index in [1.54, 1.807) is 36.8 Å². The first kappa shape index (κ1) is 24.1. The van der Waals surface area contributed by atoms with E-state index < -0.39 is 21.1 Å². The third-order valence-electron chi connectivity index (χ3n) is 3.99. The summed E-state index contributed by atoms with van der Waals surface area (Å²) in [7, 11) is 4.35. The summed E-state index contributed by atoms with van der Waals surface area (Å²) in [5, 5.41) is 0.139. The van der Waals surface area contributed by atoms with E-state index in [0.29, 0.717) is 26.1 Å². The number of rotatable bonds is 9. The number of imidazole rings is 1. The molecule has 0 saturated heterocycles. The van der Waals surface area contributed by atoms with Crippen LogP contribution in [-0.2, 0) is 23.8 Å². The molecule has 0 aromatic carbocycles. The maximum absolute atomic E-state index is 13.0. The Morgan fingerprint density at radius 2 is 2.03 bits per heavy atom. The Labute approximate surface area is 180 Å². The quantitative estimate of drug-likeness (QED) is 0.228. The van der Waals surface area contributed by atoms with Gasteiger partial charge in [-0.3, -0.25) is 0 Å². The van der Waals surface area contributed by atoms with E-state index in [2.05, 4.69) is 11.6 Å². The van der Waals surface area contributed by atoms with Crippen molar-refractivity contribution in [1.82, 2.24) is 18.7 Å². The van der Waals surface area contributed by atoms with Gasteiger partial charge in [0, 0.05) is 0 Å². The fraction of sp³-hybridized carbons (Fsp3) is 0.462. The molecule has 2 aromatic heterocycles. The molecule has 0 aliphatic heterocycles. The summed E-state index contributed by atoms with van der Waals surface area (Å²) < 4.78 is 9.65. The zero-order valence-electron chi connectivity index (χ0n) is 16.2. The molecule has 2 radical (unpaired) electrons. The first-order valence-corrected chi connectivity index (χ1v) is 10.6. The van der Waals surface area contributed by atoms with Crippen LogP contribution in [0.1, 0.15) is 13.3 Å². The van der Waals surface area contributed by atoms with Crippen molar-refractivity contribution >= 4 is 79.7 Å². The number of hydrogen-bond donors (Lipinski definition) is 0. The summed E-state index contributed by atoms with van der Waals surface area (Å²) in [6, 6.07) is 1.69. The number of fused-ring (bicyclic) bond motifs is 1. The van der Waals surface area contributed by atoms with Gasteiger partial charge in [-0.15, -0.1) is 0 Å². The molecule has 0 spiro atoms. The predicted octanol–water partition coefficient (Wildman–Crippen LogP) is -0.927. The number of nitrogens with zero attached hydrogens (tertiary/aromatic N) is 4. The molecule has 0 bridgehead atoms. The first-order valence-electron chi connectivity index (χ1n) is 8.95. The number of halogens is 1. The Hall–Kier alpha value is -1.19. The summed E-state index contributed by atoms with van der Waals surface area (Å²) in [6.45, 7) is 19.0. The van der Waals surface area contributed by atoms with Crippen molar-refractivity contribution in [2.24, 2.45) is 0 Å². The fourth-order valence-electron chi connectivity index (χ4n) is 2.71. The van der Waals surface area contributed by atoms with Crippen molar-refractivity contribution in [3.63, 3.8) is 0 Å². The summed E-state index contributed by atoms with van der Waals surface area (Å²) >= 11 is 6.16. The van der Waals surface area contributed by atoms with Gasteiger partial charge in [0.05, 0.1) is 0 Å². The van der Waals surface area contributed by atoms with Crippen LogP contribution in [0.3, 0.4) is 0 Å². The van der Waals surface area contributed by atoms with Crippen molar-refractivity contribution < 1.29 is 4.18 Å². The Morgan fingerprint density at radius 1 is 1.28 bits per heavy atom. The third kappa shape index (κ3) is 5.92. The first-order chi connectivity index (χ1) is 14.0. The van der Waals surface area contributed by atoms with Crippen LogP contribution in [0, 0.1) is 0 Å². The van der Waals surface area contributed by atoms with Gasteiger partial charge in [-0.25, -0.2) is 0 Å².